The predicted molar refractivity (Wildman–Crippen MR) is 69.9 cm³/mol. The molecule has 2 aromatic heterocycles. The second kappa shape index (κ2) is 5.91. The van der Waals surface area contributed by atoms with E-state index < -0.39 is 10.0 Å². The fourth-order valence-electron chi connectivity index (χ4n) is 1.50. The molecule has 0 bridgehead atoms. The number of hydrogen-bond acceptors (Lipinski definition) is 5. The van der Waals surface area contributed by atoms with Crippen LogP contribution in [0.1, 0.15) is 11.5 Å². The van der Waals surface area contributed by atoms with E-state index in [4.69, 9.17) is 13.9 Å². The summed E-state index contributed by atoms with van der Waals surface area (Å²) in [4.78, 5) is -0.0315. The third kappa shape index (κ3) is 3.47. The SMILES string of the molecule is O=S(=O)(NCCc1ccco1)c1cc(CO)oc1Br. The molecule has 0 saturated carbocycles. The quantitative estimate of drug-likeness (QED) is 0.826. The highest BCUT2D eigenvalue weighted by atomic mass is 79.9. The van der Waals surface area contributed by atoms with Crippen molar-refractivity contribution in [3.05, 3.63) is 40.7 Å². The van der Waals surface area contributed by atoms with Crippen LogP contribution < -0.4 is 4.72 Å². The Bertz CT molecular complexity index is 632. The summed E-state index contributed by atoms with van der Waals surface area (Å²) in [6.45, 7) is -0.150. The van der Waals surface area contributed by atoms with Crippen LogP contribution in [0.4, 0.5) is 0 Å². The summed E-state index contributed by atoms with van der Waals surface area (Å²) in [6.07, 6.45) is 1.98. The number of aliphatic hydroxyl groups is 1. The van der Waals surface area contributed by atoms with E-state index in [1.54, 1.807) is 12.1 Å². The second-order valence-electron chi connectivity index (χ2n) is 3.74. The number of sulfonamides is 1. The van der Waals surface area contributed by atoms with E-state index in [1.807, 2.05) is 0 Å². The zero-order valence-electron chi connectivity index (χ0n) is 9.80. The van der Waals surface area contributed by atoms with Crippen LogP contribution in [0.25, 0.3) is 0 Å². The van der Waals surface area contributed by atoms with Gasteiger partial charge in [-0.1, -0.05) is 0 Å². The predicted octanol–water partition coefficient (Wildman–Crippen LogP) is 1.65. The molecule has 0 radical (unpaired) electrons. The molecule has 0 aliphatic heterocycles. The lowest BCUT2D eigenvalue weighted by Gasteiger charge is -2.03. The molecule has 0 spiro atoms. The molecule has 19 heavy (non-hydrogen) atoms. The smallest absolute Gasteiger partial charge is 0.244 e. The highest BCUT2D eigenvalue weighted by Crippen LogP contribution is 2.25. The molecule has 0 fully saturated rings. The Labute approximate surface area is 118 Å². The maximum Gasteiger partial charge on any atom is 0.244 e. The van der Waals surface area contributed by atoms with Gasteiger partial charge in [0.2, 0.25) is 10.0 Å². The van der Waals surface area contributed by atoms with Crippen molar-refractivity contribution >= 4 is 26.0 Å². The molecular formula is C11H12BrNO5S. The standard InChI is InChI=1S/C11H12BrNO5S/c12-11-10(6-9(7-14)18-11)19(15,16)13-4-3-8-2-1-5-17-8/h1-2,5-6,13-14H,3-4,7H2. The zero-order valence-corrected chi connectivity index (χ0v) is 12.2. The lowest BCUT2D eigenvalue weighted by Crippen LogP contribution is -2.25. The van der Waals surface area contributed by atoms with Crippen LogP contribution in [0.2, 0.25) is 0 Å². The minimum absolute atomic E-state index is 0.0315. The van der Waals surface area contributed by atoms with Crippen molar-refractivity contribution in [2.75, 3.05) is 6.54 Å². The molecule has 0 atom stereocenters. The van der Waals surface area contributed by atoms with Gasteiger partial charge < -0.3 is 13.9 Å². The third-order valence-corrected chi connectivity index (χ3v) is 4.71. The normalized spacial score (nSPS) is 11.9. The molecule has 104 valence electrons. The average Bonchev–Trinajstić information content (AvgIpc) is 2.98. The van der Waals surface area contributed by atoms with Crippen LogP contribution in [0, 0.1) is 0 Å². The molecule has 0 unspecified atom stereocenters. The molecule has 0 amide bonds. The van der Waals surface area contributed by atoms with Gasteiger partial charge >= 0.3 is 0 Å². The monoisotopic (exact) mass is 349 g/mol. The Kier molecular flexibility index (Phi) is 4.46. The van der Waals surface area contributed by atoms with Crippen molar-refractivity contribution in [1.82, 2.24) is 4.72 Å². The van der Waals surface area contributed by atoms with Crippen molar-refractivity contribution in [3.8, 4) is 0 Å². The minimum Gasteiger partial charge on any atom is -0.469 e. The van der Waals surface area contributed by atoms with E-state index in [-0.39, 0.29) is 28.5 Å². The van der Waals surface area contributed by atoms with Gasteiger partial charge in [0, 0.05) is 19.0 Å². The maximum absolute atomic E-state index is 12.0. The molecule has 0 aromatic carbocycles. The summed E-state index contributed by atoms with van der Waals surface area (Å²) < 4.78 is 36.6. The highest BCUT2D eigenvalue weighted by molar-refractivity contribution is 9.10. The Morgan fingerprint density at radius 3 is 2.74 bits per heavy atom. The zero-order chi connectivity index (χ0) is 13.9. The lowest BCUT2D eigenvalue weighted by molar-refractivity contribution is 0.245. The summed E-state index contributed by atoms with van der Waals surface area (Å²) in [7, 11) is -3.68. The molecule has 2 heterocycles. The molecule has 0 aliphatic carbocycles. The van der Waals surface area contributed by atoms with Gasteiger partial charge in [0.15, 0.2) is 4.67 Å². The number of halogens is 1. The Hall–Kier alpha value is -1.09. The van der Waals surface area contributed by atoms with E-state index in [9.17, 15) is 8.42 Å². The molecule has 8 heteroatoms. The van der Waals surface area contributed by atoms with Crippen LogP contribution in [0.5, 0.6) is 0 Å². The van der Waals surface area contributed by atoms with Crippen molar-refractivity contribution < 1.29 is 22.4 Å². The molecule has 2 aromatic rings. The minimum atomic E-state index is -3.68. The first-order valence-corrected chi connectivity index (χ1v) is 7.71. The van der Waals surface area contributed by atoms with Gasteiger partial charge in [-0.05, 0) is 28.1 Å². The van der Waals surface area contributed by atoms with Crippen LogP contribution in [0.15, 0.2) is 42.9 Å². The van der Waals surface area contributed by atoms with E-state index in [1.165, 1.54) is 12.3 Å². The van der Waals surface area contributed by atoms with Crippen molar-refractivity contribution in [3.63, 3.8) is 0 Å². The molecule has 2 N–H and O–H groups in total. The van der Waals surface area contributed by atoms with Gasteiger partial charge in [-0.2, -0.15) is 0 Å². The topological polar surface area (TPSA) is 92.7 Å². The molecular weight excluding hydrogens is 338 g/mol. The fourth-order valence-corrected chi connectivity index (χ4v) is 3.53. The second-order valence-corrected chi connectivity index (χ2v) is 6.19. The van der Waals surface area contributed by atoms with Gasteiger partial charge in [-0.15, -0.1) is 0 Å². The summed E-state index contributed by atoms with van der Waals surface area (Å²) in [5.41, 5.74) is 0. The van der Waals surface area contributed by atoms with Crippen molar-refractivity contribution in [1.29, 1.82) is 0 Å². The van der Waals surface area contributed by atoms with Gasteiger partial charge in [0.25, 0.3) is 0 Å². The van der Waals surface area contributed by atoms with Gasteiger partial charge in [0.05, 0.1) is 6.26 Å². The highest BCUT2D eigenvalue weighted by Gasteiger charge is 2.21. The van der Waals surface area contributed by atoms with Crippen molar-refractivity contribution in [2.24, 2.45) is 0 Å². The Morgan fingerprint density at radius 1 is 1.37 bits per heavy atom. The number of aliphatic hydroxyl groups excluding tert-OH is 1. The summed E-state index contributed by atoms with van der Waals surface area (Å²) in [5, 5.41) is 8.90. The number of furan rings is 2. The lowest BCUT2D eigenvalue weighted by atomic mass is 10.3. The van der Waals surface area contributed by atoms with Gasteiger partial charge in [-0.3, -0.25) is 0 Å². The van der Waals surface area contributed by atoms with Gasteiger partial charge in [-0.25, -0.2) is 13.1 Å². The Morgan fingerprint density at radius 2 is 2.16 bits per heavy atom. The summed E-state index contributed by atoms with van der Waals surface area (Å²) >= 11 is 3.01. The van der Waals surface area contributed by atoms with Crippen LogP contribution in [-0.2, 0) is 23.1 Å². The van der Waals surface area contributed by atoms with E-state index >= 15 is 0 Å². The molecule has 6 nitrogen and oxygen atoms in total. The van der Waals surface area contributed by atoms with E-state index in [0.29, 0.717) is 12.2 Å². The molecule has 2 rings (SSSR count). The van der Waals surface area contributed by atoms with Crippen LogP contribution >= 0.6 is 15.9 Å². The van der Waals surface area contributed by atoms with Crippen LogP contribution in [0.3, 0.4) is 0 Å². The van der Waals surface area contributed by atoms with E-state index in [2.05, 4.69) is 20.7 Å². The van der Waals surface area contributed by atoms with Crippen LogP contribution in [-0.4, -0.2) is 20.1 Å². The van der Waals surface area contributed by atoms with E-state index in [0.717, 1.165) is 0 Å². The first-order valence-electron chi connectivity index (χ1n) is 5.44. The first kappa shape index (κ1) is 14.3. The maximum atomic E-state index is 12.0. The van der Waals surface area contributed by atoms with Gasteiger partial charge in [0.1, 0.15) is 23.0 Å². The number of hydrogen-bond donors (Lipinski definition) is 2. The average molecular weight is 350 g/mol. The summed E-state index contributed by atoms with van der Waals surface area (Å²) in [6, 6.07) is 4.79. The Balaban J connectivity index is 2.03. The fraction of sp³-hybridized carbons (Fsp3) is 0.273. The number of nitrogens with one attached hydrogen (secondary N) is 1. The number of rotatable bonds is 6. The largest absolute Gasteiger partial charge is 0.469 e. The molecule has 0 aliphatic rings. The molecule has 0 saturated heterocycles. The summed E-state index contributed by atoms with van der Waals surface area (Å²) in [5.74, 6) is 0.878. The third-order valence-electron chi connectivity index (χ3n) is 2.40. The van der Waals surface area contributed by atoms with Crippen molar-refractivity contribution in [2.45, 2.75) is 17.9 Å². The first-order chi connectivity index (χ1) is 9.03.